The molecule has 1 N–H and O–H groups in total. The molecule has 0 saturated carbocycles. The second-order valence-corrected chi connectivity index (χ2v) is 4.40. The molecule has 0 aromatic carbocycles. The van der Waals surface area contributed by atoms with E-state index in [1.54, 1.807) is 0 Å². The highest BCUT2D eigenvalue weighted by Gasteiger charge is 2.11. The number of nitrogens with one attached hydrogen (secondary N) is 1. The first kappa shape index (κ1) is 11.0. The predicted octanol–water partition coefficient (Wildman–Crippen LogP) is 3.35. The van der Waals surface area contributed by atoms with Crippen LogP contribution in [0.2, 0.25) is 0 Å². The van der Waals surface area contributed by atoms with E-state index in [2.05, 4.69) is 12.2 Å². The van der Waals surface area contributed by atoms with Gasteiger partial charge in [0.15, 0.2) is 0 Å². The van der Waals surface area contributed by atoms with E-state index in [0.29, 0.717) is 0 Å². The minimum atomic E-state index is 1.04. The molecule has 0 aromatic heterocycles. The van der Waals surface area contributed by atoms with E-state index < -0.39 is 0 Å². The minimum Gasteiger partial charge on any atom is -0.317 e. The summed E-state index contributed by atoms with van der Waals surface area (Å²) in [4.78, 5) is 0. The van der Waals surface area contributed by atoms with Crippen molar-refractivity contribution >= 4 is 0 Å². The summed E-state index contributed by atoms with van der Waals surface area (Å²) in [7, 11) is 0. The molecule has 0 amide bonds. The first-order valence-electron chi connectivity index (χ1n) is 6.14. The van der Waals surface area contributed by atoms with Crippen LogP contribution < -0.4 is 5.32 Å². The van der Waals surface area contributed by atoms with Gasteiger partial charge >= 0.3 is 0 Å². The number of piperidine rings is 1. The quantitative estimate of drug-likeness (QED) is 0.623. The summed E-state index contributed by atoms with van der Waals surface area (Å²) in [5.41, 5.74) is 0. The lowest BCUT2D eigenvalue weighted by Crippen LogP contribution is -2.27. The van der Waals surface area contributed by atoms with Gasteiger partial charge in [-0.3, -0.25) is 0 Å². The van der Waals surface area contributed by atoms with Crippen LogP contribution in [-0.4, -0.2) is 13.1 Å². The normalized spacial score (nSPS) is 19.2. The van der Waals surface area contributed by atoms with Crippen molar-refractivity contribution in [1.82, 2.24) is 5.32 Å². The van der Waals surface area contributed by atoms with Gasteiger partial charge in [-0.05, 0) is 31.8 Å². The van der Waals surface area contributed by atoms with Crippen LogP contribution in [0.25, 0.3) is 0 Å². The molecule has 0 radical (unpaired) electrons. The molecule has 1 saturated heterocycles. The van der Waals surface area contributed by atoms with Crippen molar-refractivity contribution < 1.29 is 0 Å². The maximum absolute atomic E-state index is 3.43. The van der Waals surface area contributed by atoms with Crippen LogP contribution in [0.3, 0.4) is 0 Å². The van der Waals surface area contributed by atoms with Gasteiger partial charge in [-0.25, -0.2) is 0 Å². The average Bonchev–Trinajstić information content (AvgIpc) is 2.19. The van der Waals surface area contributed by atoms with Crippen molar-refractivity contribution in [3.8, 4) is 0 Å². The zero-order chi connectivity index (χ0) is 9.36. The Kier molecular flexibility index (Phi) is 6.26. The lowest BCUT2D eigenvalue weighted by molar-refractivity contribution is 0.342. The zero-order valence-corrected chi connectivity index (χ0v) is 9.15. The van der Waals surface area contributed by atoms with E-state index in [4.69, 9.17) is 0 Å². The Morgan fingerprint density at radius 3 is 2.38 bits per heavy atom. The molecule has 0 bridgehead atoms. The van der Waals surface area contributed by atoms with Crippen LogP contribution in [-0.2, 0) is 0 Å². The summed E-state index contributed by atoms with van der Waals surface area (Å²) >= 11 is 0. The van der Waals surface area contributed by atoms with Crippen LogP contribution in [0.5, 0.6) is 0 Å². The fraction of sp³-hybridized carbons (Fsp3) is 1.00. The van der Waals surface area contributed by atoms with Crippen molar-refractivity contribution in [2.75, 3.05) is 13.1 Å². The van der Waals surface area contributed by atoms with Crippen molar-refractivity contribution in [1.29, 1.82) is 0 Å². The summed E-state index contributed by atoms with van der Waals surface area (Å²) in [6.45, 7) is 4.81. The van der Waals surface area contributed by atoms with Crippen molar-refractivity contribution in [3.05, 3.63) is 0 Å². The molecule has 13 heavy (non-hydrogen) atoms. The number of hydrogen-bond acceptors (Lipinski definition) is 1. The minimum absolute atomic E-state index is 1.04. The molecule has 1 rings (SSSR count). The van der Waals surface area contributed by atoms with Gasteiger partial charge in [0.1, 0.15) is 0 Å². The molecule has 1 heterocycles. The van der Waals surface area contributed by atoms with Gasteiger partial charge in [0.25, 0.3) is 0 Å². The second-order valence-electron chi connectivity index (χ2n) is 4.40. The van der Waals surface area contributed by atoms with E-state index >= 15 is 0 Å². The molecule has 1 fully saturated rings. The van der Waals surface area contributed by atoms with Crippen molar-refractivity contribution in [3.63, 3.8) is 0 Å². The van der Waals surface area contributed by atoms with Crippen LogP contribution in [0.15, 0.2) is 0 Å². The first-order chi connectivity index (χ1) is 6.43. The summed E-state index contributed by atoms with van der Waals surface area (Å²) in [6, 6.07) is 0. The highest BCUT2D eigenvalue weighted by molar-refractivity contribution is 4.68. The van der Waals surface area contributed by atoms with Crippen molar-refractivity contribution in [2.45, 2.75) is 58.3 Å². The molecule has 78 valence electrons. The van der Waals surface area contributed by atoms with Gasteiger partial charge in [0.2, 0.25) is 0 Å². The Morgan fingerprint density at radius 2 is 1.69 bits per heavy atom. The van der Waals surface area contributed by atoms with Gasteiger partial charge in [-0.15, -0.1) is 0 Å². The molecule has 0 unspecified atom stereocenters. The summed E-state index contributed by atoms with van der Waals surface area (Å²) in [6.07, 6.45) is 11.6. The third kappa shape index (κ3) is 5.30. The fourth-order valence-corrected chi connectivity index (χ4v) is 2.21. The average molecular weight is 183 g/mol. The first-order valence-corrected chi connectivity index (χ1v) is 6.14. The lowest BCUT2D eigenvalue weighted by Gasteiger charge is -2.22. The molecule has 1 heteroatoms. The fourth-order valence-electron chi connectivity index (χ4n) is 2.21. The smallest absolute Gasteiger partial charge is 0.00463 e. The molecule has 0 aliphatic carbocycles. The molecular weight excluding hydrogens is 158 g/mol. The number of hydrogen-bond donors (Lipinski definition) is 1. The third-order valence-corrected chi connectivity index (χ3v) is 3.17. The third-order valence-electron chi connectivity index (χ3n) is 3.17. The molecular formula is C12H25N. The maximum atomic E-state index is 3.43. The van der Waals surface area contributed by atoms with Crippen LogP contribution in [0.1, 0.15) is 58.3 Å². The van der Waals surface area contributed by atoms with Crippen molar-refractivity contribution in [2.24, 2.45) is 5.92 Å². The topological polar surface area (TPSA) is 12.0 Å². The lowest BCUT2D eigenvalue weighted by atomic mass is 9.92. The van der Waals surface area contributed by atoms with Gasteiger partial charge in [-0.1, -0.05) is 45.4 Å². The highest BCUT2D eigenvalue weighted by Crippen LogP contribution is 2.19. The Labute approximate surface area is 83.3 Å². The molecule has 0 aromatic rings. The van der Waals surface area contributed by atoms with E-state index in [0.717, 1.165) is 5.92 Å². The van der Waals surface area contributed by atoms with Crippen LogP contribution in [0.4, 0.5) is 0 Å². The summed E-state index contributed by atoms with van der Waals surface area (Å²) in [5, 5.41) is 3.43. The molecule has 0 spiro atoms. The number of unbranched alkanes of at least 4 members (excludes halogenated alkanes) is 4. The SMILES string of the molecule is CCCCCCCC1CCNCC1. The maximum Gasteiger partial charge on any atom is -0.00463 e. The Morgan fingerprint density at radius 1 is 1.00 bits per heavy atom. The zero-order valence-electron chi connectivity index (χ0n) is 9.15. The van der Waals surface area contributed by atoms with E-state index in [9.17, 15) is 0 Å². The molecule has 0 atom stereocenters. The van der Waals surface area contributed by atoms with Gasteiger partial charge in [0.05, 0.1) is 0 Å². The Hall–Kier alpha value is -0.0400. The highest BCUT2D eigenvalue weighted by atomic mass is 14.9. The monoisotopic (exact) mass is 183 g/mol. The summed E-state index contributed by atoms with van der Waals surface area (Å²) < 4.78 is 0. The second kappa shape index (κ2) is 7.37. The van der Waals surface area contributed by atoms with E-state index in [-0.39, 0.29) is 0 Å². The van der Waals surface area contributed by atoms with Gasteiger partial charge < -0.3 is 5.32 Å². The Bertz CT molecular complexity index is 106. The molecule has 1 nitrogen and oxygen atoms in total. The largest absolute Gasteiger partial charge is 0.317 e. The standard InChI is InChI=1S/C12H25N/c1-2-3-4-5-6-7-12-8-10-13-11-9-12/h12-13H,2-11H2,1H3. The molecule has 1 aliphatic rings. The van der Waals surface area contributed by atoms with E-state index in [1.165, 1.54) is 64.5 Å². The van der Waals surface area contributed by atoms with Gasteiger partial charge in [0, 0.05) is 0 Å². The van der Waals surface area contributed by atoms with Crippen LogP contribution in [0, 0.1) is 5.92 Å². The van der Waals surface area contributed by atoms with Gasteiger partial charge in [-0.2, -0.15) is 0 Å². The summed E-state index contributed by atoms with van der Waals surface area (Å²) in [5.74, 6) is 1.04. The Balaban J connectivity index is 1.86. The molecule has 1 aliphatic heterocycles. The number of rotatable bonds is 6. The predicted molar refractivity (Wildman–Crippen MR) is 59.0 cm³/mol. The van der Waals surface area contributed by atoms with Crippen LogP contribution >= 0.6 is 0 Å². The van der Waals surface area contributed by atoms with E-state index in [1.807, 2.05) is 0 Å².